The molecule has 1 rings (SSSR count). The van der Waals surface area contributed by atoms with Crippen molar-refractivity contribution >= 4 is 0 Å². The molecule has 2 nitrogen and oxygen atoms in total. The van der Waals surface area contributed by atoms with E-state index in [4.69, 9.17) is 0 Å². The van der Waals surface area contributed by atoms with Gasteiger partial charge in [0.25, 0.3) is 0 Å². The number of hydrogen-bond acceptors (Lipinski definition) is 2. The van der Waals surface area contributed by atoms with Crippen molar-refractivity contribution in [2.24, 2.45) is 11.8 Å². The van der Waals surface area contributed by atoms with Gasteiger partial charge in [-0.2, -0.15) is 0 Å². The summed E-state index contributed by atoms with van der Waals surface area (Å²) in [5.74, 6) is 1.66. The molecule has 0 amide bonds. The van der Waals surface area contributed by atoms with Gasteiger partial charge in [-0.1, -0.05) is 20.8 Å². The molecule has 0 bridgehead atoms. The van der Waals surface area contributed by atoms with E-state index in [1.807, 2.05) is 0 Å². The summed E-state index contributed by atoms with van der Waals surface area (Å²) in [7, 11) is 0. The van der Waals surface area contributed by atoms with Crippen molar-refractivity contribution in [2.45, 2.75) is 53.0 Å². The summed E-state index contributed by atoms with van der Waals surface area (Å²) in [5, 5.41) is 3.68. The van der Waals surface area contributed by atoms with Crippen molar-refractivity contribution in [1.82, 2.24) is 10.2 Å². The molecule has 1 unspecified atom stereocenters. The van der Waals surface area contributed by atoms with E-state index >= 15 is 0 Å². The topological polar surface area (TPSA) is 15.3 Å². The molecule has 1 aliphatic rings. The van der Waals surface area contributed by atoms with Gasteiger partial charge in [-0.3, -0.25) is 0 Å². The van der Waals surface area contributed by atoms with Gasteiger partial charge in [0.2, 0.25) is 0 Å². The maximum absolute atomic E-state index is 3.68. The zero-order valence-corrected chi connectivity index (χ0v) is 11.6. The molecule has 1 N–H and O–H groups in total. The highest BCUT2D eigenvalue weighted by Crippen LogP contribution is 2.16. The van der Waals surface area contributed by atoms with Crippen LogP contribution < -0.4 is 5.32 Å². The maximum Gasteiger partial charge on any atom is 0.00618 e. The summed E-state index contributed by atoms with van der Waals surface area (Å²) < 4.78 is 0. The molecule has 0 spiro atoms. The lowest BCUT2D eigenvalue weighted by atomic mass is 9.95. The van der Waals surface area contributed by atoms with Crippen molar-refractivity contribution in [2.75, 3.05) is 26.2 Å². The van der Waals surface area contributed by atoms with Gasteiger partial charge in [0, 0.05) is 6.04 Å². The predicted octanol–water partition coefficient (Wildman–Crippen LogP) is 2.74. The summed E-state index contributed by atoms with van der Waals surface area (Å²) >= 11 is 0. The maximum atomic E-state index is 3.68. The van der Waals surface area contributed by atoms with E-state index in [-0.39, 0.29) is 0 Å². The molecule has 0 aliphatic carbocycles. The Morgan fingerprint density at radius 2 is 1.81 bits per heavy atom. The number of piperidine rings is 1. The number of rotatable bonds is 6. The van der Waals surface area contributed by atoms with Crippen LogP contribution in [0, 0.1) is 11.8 Å². The zero-order valence-electron chi connectivity index (χ0n) is 11.6. The lowest BCUT2D eigenvalue weighted by molar-refractivity contribution is 0.179. The Labute approximate surface area is 102 Å². The highest BCUT2D eigenvalue weighted by molar-refractivity contribution is 4.75. The van der Waals surface area contributed by atoms with Gasteiger partial charge < -0.3 is 10.2 Å². The van der Waals surface area contributed by atoms with E-state index < -0.39 is 0 Å². The van der Waals surface area contributed by atoms with Crippen LogP contribution in [0.15, 0.2) is 0 Å². The Hall–Kier alpha value is -0.0800. The molecule has 0 aromatic carbocycles. The molecule has 96 valence electrons. The van der Waals surface area contributed by atoms with Gasteiger partial charge in [-0.25, -0.2) is 0 Å². The van der Waals surface area contributed by atoms with Crippen molar-refractivity contribution in [3.05, 3.63) is 0 Å². The zero-order chi connectivity index (χ0) is 12.0. The summed E-state index contributed by atoms with van der Waals surface area (Å²) in [5.41, 5.74) is 0. The first kappa shape index (κ1) is 14.0. The van der Waals surface area contributed by atoms with Crippen LogP contribution in [0.5, 0.6) is 0 Å². The van der Waals surface area contributed by atoms with Crippen LogP contribution >= 0.6 is 0 Å². The van der Waals surface area contributed by atoms with Crippen LogP contribution in [0.1, 0.15) is 47.0 Å². The van der Waals surface area contributed by atoms with Crippen LogP contribution in [-0.4, -0.2) is 37.1 Å². The van der Waals surface area contributed by atoms with E-state index in [0.717, 1.165) is 11.8 Å². The van der Waals surface area contributed by atoms with Crippen LogP contribution in [0.25, 0.3) is 0 Å². The first-order chi connectivity index (χ1) is 7.63. The fourth-order valence-corrected chi connectivity index (χ4v) is 2.32. The Morgan fingerprint density at radius 3 is 2.31 bits per heavy atom. The van der Waals surface area contributed by atoms with Crippen LogP contribution in [0.3, 0.4) is 0 Å². The second-order valence-electron chi connectivity index (χ2n) is 5.73. The second kappa shape index (κ2) is 7.29. The largest absolute Gasteiger partial charge is 0.314 e. The third-order valence-corrected chi connectivity index (χ3v) is 3.98. The van der Waals surface area contributed by atoms with Crippen LogP contribution in [0.4, 0.5) is 0 Å². The number of hydrogen-bond donors (Lipinski definition) is 1. The first-order valence-electron chi connectivity index (χ1n) is 7.09. The first-order valence-corrected chi connectivity index (χ1v) is 7.09. The Bertz CT molecular complexity index is 172. The smallest absolute Gasteiger partial charge is 0.00618 e. The minimum atomic E-state index is 0.661. The van der Waals surface area contributed by atoms with E-state index in [0.29, 0.717) is 6.04 Å². The minimum absolute atomic E-state index is 0.661. The SMILES string of the molecule is CCCN1CCC(CNC(C)C(C)C)CC1. The summed E-state index contributed by atoms with van der Waals surface area (Å²) in [6.07, 6.45) is 4.07. The molecule has 0 aromatic heterocycles. The molecule has 0 radical (unpaired) electrons. The Kier molecular flexibility index (Phi) is 6.37. The third-order valence-electron chi connectivity index (χ3n) is 3.98. The van der Waals surface area contributed by atoms with E-state index in [1.165, 1.54) is 45.4 Å². The van der Waals surface area contributed by atoms with Gasteiger partial charge in [-0.05, 0) is 64.2 Å². The number of nitrogens with zero attached hydrogens (tertiary/aromatic N) is 1. The summed E-state index contributed by atoms with van der Waals surface area (Å²) in [4.78, 5) is 2.61. The fourth-order valence-electron chi connectivity index (χ4n) is 2.32. The molecule has 1 fully saturated rings. The molecule has 0 saturated carbocycles. The van der Waals surface area contributed by atoms with Gasteiger partial charge in [0.1, 0.15) is 0 Å². The highest BCUT2D eigenvalue weighted by atomic mass is 15.1. The molecule has 1 aliphatic heterocycles. The van der Waals surface area contributed by atoms with Gasteiger partial charge in [0.05, 0.1) is 0 Å². The van der Waals surface area contributed by atoms with Crippen LogP contribution in [-0.2, 0) is 0 Å². The normalized spacial score (nSPS) is 21.6. The predicted molar refractivity (Wildman–Crippen MR) is 71.8 cm³/mol. The molecule has 0 aromatic rings. The highest BCUT2D eigenvalue weighted by Gasteiger charge is 2.19. The van der Waals surface area contributed by atoms with Gasteiger partial charge >= 0.3 is 0 Å². The monoisotopic (exact) mass is 226 g/mol. The second-order valence-corrected chi connectivity index (χ2v) is 5.73. The van der Waals surface area contributed by atoms with E-state index in [1.54, 1.807) is 0 Å². The summed E-state index contributed by atoms with van der Waals surface area (Å²) in [6.45, 7) is 14.3. The van der Waals surface area contributed by atoms with E-state index in [2.05, 4.69) is 37.9 Å². The van der Waals surface area contributed by atoms with Crippen molar-refractivity contribution in [1.29, 1.82) is 0 Å². The third kappa shape index (κ3) is 4.84. The average molecular weight is 226 g/mol. The van der Waals surface area contributed by atoms with Gasteiger partial charge in [0.15, 0.2) is 0 Å². The Morgan fingerprint density at radius 1 is 1.19 bits per heavy atom. The van der Waals surface area contributed by atoms with Crippen molar-refractivity contribution < 1.29 is 0 Å². The van der Waals surface area contributed by atoms with Crippen molar-refractivity contribution in [3.63, 3.8) is 0 Å². The molecule has 1 saturated heterocycles. The molecular formula is C14H30N2. The van der Waals surface area contributed by atoms with E-state index in [9.17, 15) is 0 Å². The fraction of sp³-hybridized carbons (Fsp3) is 1.00. The molecule has 1 heterocycles. The minimum Gasteiger partial charge on any atom is -0.314 e. The van der Waals surface area contributed by atoms with Gasteiger partial charge in [-0.15, -0.1) is 0 Å². The lowest BCUT2D eigenvalue weighted by Crippen LogP contribution is -2.40. The molecule has 16 heavy (non-hydrogen) atoms. The number of nitrogens with one attached hydrogen (secondary N) is 1. The Balaban J connectivity index is 2.12. The average Bonchev–Trinajstić information content (AvgIpc) is 2.28. The number of likely N-dealkylation sites (tertiary alicyclic amines) is 1. The summed E-state index contributed by atoms with van der Waals surface area (Å²) in [6, 6.07) is 0.661. The molecular weight excluding hydrogens is 196 g/mol. The standard InChI is InChI=1S/C14H30N2/c1-5-8-16-9-6-14(7-10-16)11-15-13(4)12(2)3/h12-15H,5-11H2,1-4H3. The van der Waals surface area contributed by atoms with Crippen molar-refractivity contribution in [3.8, 4) is 0 Å². The molecule has 2 heteroatoms. The molecule has 1 atom stereocenters. The quantitative estimate of drug-likeness (QED) is 0.749. The lowest BCUT2D eigenvalue weighted by Gasteiger charge is -2.32. The van der Waals surface area contributed by atoms with Crippen LogP contribution in [0.2, 0.25) is 0 Å².